The molecule has 1 saturated heterocycles. The van der Waals surface area contributed by atoms with Crippen molar-refractivity contribution in [2.45, 2.75) is 57.2 Å². The molecule has 2 atom stereocenters. The van der Waals surface area contributed by atoms with Crippen molar-refractivity contribution in [1.82, 2.24) is 10.2 Å². The highest BCUT2D eigenvalue weighted by Crippen LogP contribution is 2.38. The molecule has 1 N–H and O–H groups in total. The van der Waals surface area contributed by atoms with Gasteiger partial charge in [-0.15, -0.1) is 0 Å². The van der Waals surface area contributed by atoms with E-state index in [-0.39, 0.29) is 11.8 Å². The molecule has 0 radical (unpaired) electrons. The summed E-state index contributed by atoms with van der Waals surface area (Å²) >= 11 is 0. The first-order valence-electron chi connectivity index (χ1n) is 9.72. The minimum atomic E-state index is -0.805. The van der Waals surface area contributed by atoms with Gasteiger partial charge in [-0.25, -0.2) is 4.79 Å². The minimum Gasteiger partial charge on any atom is -0.433 e. The predicted molar refractivity (Wildman–Crippen MR) is 98.6 cm³/mol. The summed E-state index contributed by atoms with van der Waals surface area (Å²) in [4.78, 5) is 38.7. The van der Waals surface area contributed by atoms with Crippen molar-refractivity contribution in [1.29, 1.82) is 0 Å². The molecule has 1 fully saturated rings. The Morgan fingerprint density at radius 2 is 2.04 bits per heavy atom. The van der Waals surface area contributed by atoms with E-state index in [1.165, 1.54) is 23.3 Å². The van der Waals surface area contributed by atoms with Crippen molar-refractivity contribution in [2.75, 3.05) is 6.54 Å². The normalized spacial score (nSPS) is 24.4. The van der Waals surface area contributed by atoms with Crippen LogP contribution in [0.4, 0.5) is 0 Å². The number of likely N-dealkylation sites (tertiary alicyclic amines) is 1. The van der Waals surface area contributed by atoms with Crippen LogP contribution in [-0.2, 0) is 14.3 Å². The fraction of sp³-hybridized carbons (Fsp3) is 0.476. The Morgan fingerprint density at radius 3 is 2.85 bits per heavy atom. The van der Waals surface area contributed by atoms with E-state index in [4.69, 9.17) is 4.74 Å². The number of nitrogens with zero attached hydrogens (tertiary/aromatic N) is 1. The fourth-order valence-corrected chi connectivity index (χ4v) is 4.18. The first-order valence-corrected chi connectivity index (χ1v) is 9.72. The van der Waals surface area contributed by atoms with Gasteiger partial charge in [-0.2, -0.15) is 0 Å². The molecule has 1 aromatic rings. The van der Waals surface area contributed by atoms with Gasteiger partial charge >= 0.3 is 5.97 Å². The first-order chi connectivity index (χ1) is 13.1. The fourth-order valence-electron chi connectivity index (χ4n) is 4.18. The maximum atomic E-state index is 12.7. The number of nitrogens with one attached hydrogen (secondary N) is 1. The third-order valence-corrected chi connectivity index (χ3v) is 5.61. The molecular formula is C21H24N2O4. The number of hydrogen-bond acceptors (Lipinski definition) is 4. The van der Waals surface area contributed by atoms with Gasteiger partial charge < -0.3 is 10.1 Å². The molecule has 0 unspecified atom stereocenters. The number of carbonyl (C=O) groups is 3. The van der Waals surface area contributed by atoms with Crippen LogP contribution >= 0.6 is 0 Å². The SMILES string of the molecule is O=C1O[C@H](N2C(=O)CC[C@@H]2C(=O)NCCC2=CCCCC2)c2ccccc21. The molecule has 2 aliphatic heterocycles. The van der Waals surface area contributed by atoms with E-state index in [2.05, 4.69) is 11.4 Å². The number of amides is 2. The Balaban J connectivity index is 1.43. The van der Waals surface area contributed by atoms with Gasteiger partial charge in [-0.05, 0) is 44.6 Å². The zero-order valence-corrected chi connectivity index (χ0v) is 15.3. The van der Waals surface area contributed by atoms with Crippen molar-refractivity contribution >= 4 is 17.8 Å². The maximum Gasteiger partial charge on any atom is 0.340 e. The molecule has 1 aromatic carbocycles. The molecule has 142 valence electrons. The number of hydrogen-bond donors (Lipinski definition) is 1. The van der Waals surface area contributed by atoms with Crippen LogP contribution < -0.4 is 5.32 Å². The van der Waals surface area contributed by atoms with Crippen LogP contribution in [0.25, 0.3) is 0 Å². The predicted octanol–water partition coefficient (Wildman–Crippen LogP) is 2.85. The quantitative estimate of drug-likeness (QED) is 0.640. The van der Waals surface area contributed by atoms with Crippen LogP contribution in [0.3, 0.4) is 0 Å². The smallest absolute Gasteiger partial charge is 0.340 e. The standard InChI is InChI=1S/C21H24N2O4/c24-18-11-10-17(19(25)22-13-12-14-6-2-1-3-7-14)23(18)20-15-8-4-5-9-16(15)21(26)27-20/h4-6,8-9,17,20H,1-3,7,10-13H2,(H,22,25)/t17-,20+/m1/s1. The third kappa shape index (κ3) is 3.48. The van der Waals surface area contributed by atoms with E-state index in [0.717, 1.165) is 19.3 Å². The van der Waals surface area contributed by atoms with Gasteiger partial charge in [0.1, 0.15) is 6.04 Å². The molecule has 27 heavy (non-hydrogen) atoms. The number of allylic oxidation sites excluding steroid dienone is 1. The molecule has 0 bridgehead atoms. The summed E-state index contributed by atoms with van der Waals surface area (Å²) < 4.78 is 5.44. The van der Waals surface area contributed by atoms with Gasteiger partial charge in [-0.1, -0.05) is 29.8 Å². The Bertz CT molecular complexity index is 801. The van der Waals surface area contributed by atoms with Gasteiger partial charge in [-0.3, -0.25) is 14.5 Å². The van der Waals surface area contributed by atoms with Gasteiger partial charge in [0, 0.05) is 18.5 Å². The zero-order chi connectivity index (χ0) is 18.8. The largest absolute Gasteiger partial charge is 0.433 e. The van der Waals surface area contributed by atoms with Crippen molar-refractivity contribution in [2.24, 2.45) is 0 Å². The highest BCUT2D eigenvalue weighted by Gasteiger charge is 2.46. The van der Waals surface area contributed by atoms with Gasteiger partial charge in [0.2, 0.25) is 18.0 Å². The monoisotopic (exact) mass is 368 g/mol. The lowest BCUT2D eigenvalue weighted by Crippen LogP contribution is -2.46. The van der Waals surface area contributed by atoms with Crippen LogP contribution in [0.1, 0.15) is 67.1 Å². The number of carbonyl (C=O) groups excluding carboxylic acids is 3. The molecule has 2 amide bonds. The Morgan fingerprint density at radius 1 is 1.19 bits per heavy atom. The van der Waals surface area contributed by atoms with Crippen LogP contribution in [0.5, 0.6) is 0 Å². The summed E-state index contributed by atoms with van der Waals surface area (Å²) in [5, 5.41) is 2.97. The maximum absolute atomic E-state index is 12.7. The van der Waals surface area contributed by atoms with Crippen LogP contribution in [0.15, 0.2) is 35.9 Å². The van der Waals surface area contributed by atoms with Crippen LogP contribution in [-0.4, -0.2) is 35.3 Å². The van der Waals surface area contributed by atoms with E-state index in [1.807, 2.05) is 0 Å². The molecule has 0 spiro atoms. The molecule has 3 aliphatic rings. The third-order valence-electron chi connectivity index (χ3n) is 5.61. The summed E-state index contributed by atoms with van der Waals surface area (Å²) in [7, 11) is 0. The molecule has 0 saturated carbocycles. The molecular weight excluding hydrogens is 344 g/mol. The Kier molecular flexibility index (Phi) is 4.97. The average Bonchev–Trinajstić information content (AvgIpc) is 3.23. The van der Waals surface area contributed by atoms with E-state index in [0.29, 0.717) is 30.5 Å². The lowest BCUT2D eigenvalue weighted by molar-refractivity contribution is -0.145. The van der Waals surface area contributed by atoms with E-state index >= 15 is 0 Å². The number of ether oxygens (including phenoxy) is 1. The summed E-state index contributed by atoms with van der Waals surface area (Å²) in [5.41, 5.74) is 2.52. The van der Waals surface area contributed by atoms with Crippen molar-refractivity contribution < 1.29 is 19.1 Å². The minimum absolute atomic E-state index is 0.153. The Hall–Kier alpha value is -2.63. The number of fused-ring (bicyclic) bond motifs is 1. The van der Waals surface area contributed by atoms with E-state index < -0.39 is 18.2 Å². The second-order valence-corrected chi connectivity index (χ2v) is 7.35. The Labute approximate surface area is 158 Å². The summed E-state index contributed by atoms with van der Waals surface area (Å²) in [5.74, 6) is -0.768. The molecule has 6 heteroatoms. The zero-order valence-electron chi connectivity index (χ0n) is 15.3. The van der Waals surface area contributed by atoms with Crippen molar-refractivity contribution in [3.05, 3.63) is 47.0 Å². The average molecular weight is 368 g/mol. The van der Waals surface area contributed by atoms with Crippen molar-refractivity contribution in [3.63, 3.8) is 0 Å². The number of cyclic esters (lactones) is 1. The van der Waals surface area contributed by atoms with Crippen molar-refractivity contribution in [3.8, 4) is 0 Å². The molecule has 0 aromatic heterocycles. The number of rotatable bonds is 5. The summed E-state index contributed by atoms with van der Waals surface area (Å²) in [6.07, 6.45) is 7.76. The van der Waals surface area contributed by atoms with E-state index in [1.54, 1.807) is 24.3 Å². The highest BCUT2D eigenvalue weighted by molar-refractivity contribution is 5.96. The molecule has 4 rings (SSSR count). The lowest BCUT2D eigenvalue weighted by Gasteiger charge is -2.29. The summed E-state index contributed by atoms with van der Waals surface area (Å²) in [6.45, 7) is 0.574. The molecule has 1 aliphatic carbocycles. The highest BCUT2D eigenvalue weighted by atomic mass is 16.6. The van der Waals surface area contributed by atoms with Gasteiger partial charge in [0.05, 0.1) is 5.56 Å². The first kappa shape index (κ1) is 17.8. The second-order valence-electron chi connectivity index (χ2n) is 7.35. The van der Waals surface area contributed by atoms with Gasteiger partial charge in [0.25, 0.3) is 0 Å². The molecule has 2 heterocycles. The number of esters is 1. The van der Waals surface area contributed by atoms with E-state index in [9.17, 15) is 14.4 Å². The van der Waals surface area contributed by atoms with Crippen LogP contribution in [0, 0.1) is 0 Å². The lowest BCUT2D eigenvalue weighted by atomic mass is 9.97. The number of benzene rings is 1. The van der Waals surface area contributed by atoms with Gasteiger partial charge in [0.15, 0.2) is 0 Å². The summed E-state index contributed by atoms with van der Waals surface area (Å²) in [6, 6.07) is 6.44. The second kappa shape index (κ2) is 7.55. The molecule has 6 nitrogen and oxygen atoms in total. The van der Waals surface area contributed by atoms with Crippen LogP contribution in [0.2, 0.25) is 0 Å². The topological polar surface area (TPSA) is 75.7 Å².